The van der Waals surface area contributed by atoms with Crippen LogP contribution in [0.4, 0.5) is 5.13 Å². The van der Waals surface area contributed by atoms with Crippen LogP contribution >= 0.6 is 11.3 Å². The monoisotopic (exact) mass is 260 g/mol. The molecular formula is C14H16N2OS. The fourth-order valence-electron chi connectivity index (χ4n) is 1.66. The van der Waals surface area contributed by atoms with Crippen LogP contribution in [0.15, 0.2) is 29.6 Å². The lowest BCUT2D eigenvalue weighted by molar-refractivity contribution is 0.103. The zero-order chi connectivity index (χ0) is 13.0. The van der Waals surface area contributed by atoms with Crippen molar-refractivity contribution in [1.82, 2.24) is 4.98 Å². The Labute approximate surface area is 111 Å². The second kappa shape index (κ2) is 5.78. The number of anilines is 1. The summed E-state index contributed by atoms with van der Waals surface area (Å²) in [5.41, 5.74) is 2.23. The molecule has 1 heterocycles. The van der Waals surface area contributed by atoms with Crippen LogP contribution in [0.25, 0.3) is 0 Å². The third-order valence-corrected chi connectivity index (χ3v) is 3.45. The predicted octanol–water partition coefficient (Wildman–Crippen LogP) is 3.50. The van der Waals surface area contributed by atoms with Crippen molar-refractivity contribution in [3.63, 3.8) is 0 Å². The molecule has 1 aromatic heterocycles. The molecule has 0 saturated heterocycles. The molecule has 0 bridgehead atoms. The number of hydrogen-bond donors (Lipinski definition) is 1. The molecular weight excluding hydrogens is 244 g/mol. The molecule has 0 atom stereocenters. The number of aryl methyl sites for hydroxylation is 1. The van der Waals surface area contributed by atoms with Gasteiger partial charge in [0.05, 0.1) is 0 Å². The van der Waals surface area contributed by atoms with E-state index in [-0.39, 0.29) is 5.78 Å². The van der Waals surface area contributed by atoms with E-state index >= 15 is 0 Å². The lowest BCUT2D eigenvalue weighted by atomic mass is 10.0. The molecule has 1 aromatic carbocycles. The summed E-state index contributed by atoms with van der Waals surface area (Å²) >= 11 is 1.48. The number of nitrogens with zero attached hydrogens (tertiary/aromatic N) is 1. The molecule has 4 heteroatoms. The normalized spacial score (nSPS) is 10.3. The van der Waals surface area contributed by atoms with Gasteiger partial charge in [0.2, 0.25) is 5.78 Å². The molecule has 2 rings (SSSR count). The molecule has 18 heavy (non-hydrogen) atoms. The number of hydrogen-bond acceptors (Lipinski definition) is 4. The number of rotatable bonds is 5. The average Bonchev–Trinajstić information content (AvgIpc) is 2.85. The molecule has 0 aliphatic rings. The average molecular weight is 260 g/mol. The Kier molecular flexibility index (Phi) is 4.10. The largest absolute Gasteiger partial charge is 0.362 e. The van der Waals surface area contributed by atoms with Crippen LogP contribution in [0.1, 0.15) is 35.0 Å². The highest BCUT2D eigenvalue weighted by molar-refractivity contribution is 7.13. The SMILES string of the molecule is CCCNc1nc(C(=O)c2ccccc2C)cs1. The summed E-state index contributed by atoms with van der Waals surface area (Å²) in [6.07, 6.45) is 1.04. The predicted molar refractivity (Wildman–Crippen MR) is 75.5 cm³/mol. The van der Waals surface area contributed by atoms with Gasteiger partial charge in [-0.25, -0.2) is 4.98 Å². The maximum Gasteiger partial charge on any atom is 0.212 e. The van der Waals surface area contributed by atoms with Crippen LogP contribution in [0, 0.1) is 6.92 Å². The number of ketones is 1. The third kappa shape index (κ3) is 2.76. The van der Waals surface area contributed by atoms with Gasteiger partial charge in [0, 0.05) is 17.5 Å². The minimum absolute atomic E-state index is 0.00565. The summed E-state index contributed by atoms with van der Waals surface area (Å²) in [7, 11) is 0. The van der Waals surface area contributed by atoms with E-state index in [1.165, 1.54) is 11.3 Å². The Morgan fingerprint density at radius 3 is 2.89 bits per heavy atom. The fraction of sp³-hybridized carbons (Fsp3) is 0.286. The first-order chi connectivity index (χ1) is 8.72. The highest BCUT2D eigenvalue weighted by Gasteiger charge is 2.14. The first-order valence-electron chi connectivity index (χ1n) is 6.02. The molecule has 3 nitrogen and oxygen atoms in total. The molecule has 0 saturated carbocycles. The van der Waals surface area contributed by atoms with Crippen LogP contribution in [0.2, 0.25) is 0 Å². The number of nitrogens with one attached hydrogen (secondary N) is 1. The van der Waals surface area contributed by atoms with Gasteiger partial charge >= 0.3 is 0 Å². The molecule has 0 spiro atoms. The minimum Gasteiger partial charge on any atom is -0.362 e. The second-order valence-corrected chi connectivity index (χ2v) is 4.97. The van der Waals surface area contributed by atoms with Crippen LogP contribution < -0.4 is 5.32 Å². The Bertz CT molecular complexity index is 548. The smallest absolute Gasteiger partial charge is 0.212 e. The van der Waals surface area contributed by atoms with Gasteiger partial charge in [-0.3, -0.25) is 4.79 Å². The van der Waals surface area contributed by atoms with E-state index in [2.05, 4.69) is 17.2 Å². The van der Waals surface area contributed by atoms with E-state index in [0.29, 0.717) is 5.69 Å². The van der Waals surface area contributed by atoms with Crippen LogP contribution in [-0.2, 0) is 0 Å². The Morgan fingerprint density at radius 1 is 1.39 bits per heavy atom. The highest BCUT2D eigenvalue weighted by Crippen LogP contribution is 2.19. The zero-order valence-corrected chi connectivity index (χ0v) is 11.4. The van der Waals surface area contributed by atoms with Crippen LogP contribution in [0.5, 0.6) is 0 Å². The molecule has 2 aromatic rings. The fourth-order valence-corrected chi connectivity index (χ4v) is 2.38. The molecule has 1 N–H and O–H groups in total. The third-order valence-electron chi connectivity index (χ3n) is 2.65. The minimum atomic E-state index is -0.00565. The van der Waals surface area contributed by atoms with Crippen molar-refractivity contribution in [2.24, 2.45) is 0 Å². The lowest BCUT2D eigenvalue weighted by Crippen LogP contribution is -2.05. The Morgan fingerprint density at radius 2 is 2.17 bits per heavy atom. The van der Waals surface area contributed by atoms with E-state index in [4.69, 9.17) is 0 Å². The van der Waals surface area contributed by atoms with Gasteiger partial charge in [-0.05, 0) is 18.9 Å². The zero-order valence-electron chi connectivity index (χ0n) is 10.6. The van der Waals surface area contributed by atoms with E-state index in [9.17, 15) is 4.79 Å². The molecule has 0 fully saturated rings. The van der Waals surface area contributed by atoms with E-state index < -0.39 is 0 Å². The molecule has 0 amide bonds. The van der Waals surface area contributed by atoms with Gasteiger partial charge in [-0.15, -0.1) is 11.3 Å². The molecule has 0 radical (unpaired) electrons. The van der Waals surface area contributed by atoms with Crippen LogP contribution in [0.3, 0.4) is 0 Å². The number of carbonyl (C=O) groups is 1. The van der Waals surface area contributed by atoms with E-state index in [0.717, 1.165) is 29.2 Å². The maximum absolute atomic E-state index is 12.3. The summed E-state index contributed by atoms with van der Waals surface area (Å²) in [6, 6.07) is 7.59. The van der Waals surface area contributed by atoms with Gasteiger partial charge in [-0.1, -0.05) is 31.2 Å². The number of thiazole rings is 1. The van der Waals surface area contributed by atoms with Crippen molar-refractivity contribution in [2.45, 2.75) is 20.3 Å². The van der Waals surface area contributed by atoms with Crippen LogP contribution in [-0.4, -0.2) is 17.3 Å². The summed E-state index contributed by atoms with van der Waals surface area (Å²) in [4.78, 5) is 16.6. The van der Waals surface area contributed by atoms with Crippen molar-refractivity contribution >= 4 is 22.3 Å². The molecule has 0 aliphatic carbocycles. The Balaban J connectivity index is 2.19. The van der Waals surface area contributed by atoms with Crippen molar-refractivity contribution in [1.29, 1.82) is 0 Å². The first-order valence-corrected chi connectivity index (χ1v) is 6.90. The highest BCUT2D eigenvalue weighted by atomic mass is 32.1. The van der Waals surface area contributed by atoms with Crippen molar-refractivity contribution in [2.75, 3.05) is 11.9 Å². The van der Waals surface area contributed by atoms with Crippen molar-refractivity contribution < 1.29 is 4.79 Å². The van der Waals surface area contributed by atoms with E-state index in [1.807, 2.05) is 36.6 Å². The van der Waals surface area contributed by atoms with Crippen molar-refractivity contribution in [3.05, 3.63) is 46.5 Å². The van der Waals surface area contributed by atoms with Gasteiger partial charge in [0.1, 0.15) is 5.69 Å². The number of carbonyl (C=O) groups excluding carboxylic acids is 1. The lowest BCUT2D eigenvalue weighted by Gasteiger charge is -2.01. The second-order valence-electron chi connectivity index (χ2n) is 4.11. The summed E-state index contributed by atoms with van der Waals surface area (Å²) < 4.78 is 0. The molecule has 0 aliphatic heterocycles. The summed E-state index contributed by atoms with van der Waals surface area (Å²) in [5.74, 6) is -0.00565. The van der Waals surface area contributed by atoms with Gasteiger partial charge in [0.25, 0.3) is 0 Å². The molecule has 0 unspecified atom stereocenters. The first kappa shape index (κ1) is 12.8. The number of aromatic nitrogens is 1. The quantitative estimate of drug-likeness (QED) is 0.837. The van der Waals surface area contributed by atoms with Gasteiger partial charge < -0.3 is 5.32 Å². The topological polar surface area (TPSA) is 42.0 Å². The Hall–Kier alpha value is -1.68. The molecule has 94 valence electrons. The van der Waals surface area contributed by atoms with Gasteiger partial charge in [-0.2, -0.15) is 0 Å². The summed E-state index contributed by atoms with van der Waals surface area (Å²) in [6.45, 7) is 4.92. The maximum atomic E-state index is 12.3. The van der Waals surface area contributed by atoms with Gasteiger partial charge in [0.15, 0.2) is 5.13 Å². The van der Waals surface area contributed by atoms with Crippen molar-refractivity contribution in [3.8, 4) is 0 Å². The number of benzene rings is 1. The summed E-state index contributed by atoms with van der Waals surface area (Å²) in [5, 5.41) is 5.82. The standard InChI is InChI=1S/C14H16N2OS/c1-3-8-15-14-16-12(9-18-14)13(17)11-7-5-4-6-10(11)2/h4-7,9H,3,8H2,1-2H3,(H,15,16). The van der Waals surface area contributed by atoms with E-state index in [1.54, 1.807) is 0 Å².